The maximum absolute atomic E-state index is 5.95. The predicted octanol–water partition coefficient (Wildman–Crippen LogP) is 3.64. The molecule has 1 aromatic carbocycles. The first-order valence-corrected chi connectivity index (χ1v) is 7.67. The highest BCUT2D eigenvalue weighted by Gasteiger charge is 2.42. The first-order chi connectivity index (χ1) is 8.76. The molecular weight excluding hydrogens is 290 g/mol. The fourth-order valence-corrected chi connectivity index (χ4v) is 3.25. The van der Waals surface area contributed by atoms with Crippen molar-refractivity contribution in [2.75, 3.05) is 6.61 Å². The van der Waals surface area contributed by atoms with Crippen LogP contribution in [0.3, 0.4) is 0 Å². The minimum Gasteiger partial charge on any atom is -0.375 e. The van der Waals surface area contributed by atoms with E-state index in [1.807, 2.05) is 0 Å². The summed E-state index contributed by atoms with van der Waals surface area (Å²) in [5.41, 5.74) is 1.60. The largest absolute Gasteiger partial charge is 0.375 e. The highest BCUT2D eigenvalue weighted by atomic mass is 79.9. The normalized spacial score (nSPS) is 25.9. The molecule has 1 aliphatic heterocycles. The molecule has 1 unspecified atom stereocenters. The second-order valence-electron chi connectivity index (χ2n) is 5.58. The first-order valence-electron chi connectivity index (χ1n) is 6.88. The minimum atomic E-state index is 0.246. The Bertz CT molecular complexity index is 399. The summed E-state index contributed by atoms with van der Waals surface area (Å²) < 4.78 is 7.10. The third-order valence-corrected chi connectivity index (χ3v) is 4.79. The molecule has 0 aromatic heterocycles. The average molecular weight is 310 g/mol. The Morgan fingerprint density at radius 3 is 2.72 bits per heavy atom. The van der Waals surface area contributed by atoms with E-state index < -0.39 is 0 Å². The van der Waals surface area contributed by atoms with Gasteiger partial charge in [-0.15, -0.1) is 0 Å². The van der Waals surface area contributed by atoms with Crippen LogP contribution in [0.2, 0.25) is 0 Å². The van der Waals surface area contributed by atoms with Gasteiger partial charge in [-0.25, -0.2) is 0 Å². The van der Waals surface area contributed by atoms with Crippen LogP contribution in [0.4, 0.5) is 0 Å². The topological polar surface area (TPSA) is 21.3 Å². The van der Waals surface area contributed by atoms with Crippen LogP contribution in [0.25, 0.3) is 0 Å². The molecule has 0 radical (unpaired) electrons. The molecule has 2 fully saturated rings. The van der Waals surface area contributed by atoms with Crippen molar-refractivity contribution in [3.05, 3.63) is 34.3 Å². The van der Waals surface area contributed by atoms with Gasteiger partial charge in [0, 0.05) is 23.7 Å². The lowest BCUT2D eigenvalue weighted by atomic mass is 9.74. The molecule has 1 aliphatic carbocycles. The molecule has 2 nitrogen and oxygen atoms in total. The summed E-state index contributed by atoms with van der Waals surface area (Å²) in [5.74, 6) is 0. The molecule has 18 heavy (non-hydrogen) atoms. The Morgan fingerprint density at radius 2 is 2.06 bits per heavy atom. The fourth-order valence-electron chi connectivity index (χ4n) is 2.99. The number of halogens is 1. The summed E-state index contributed by atoms with van der Waals surface area (Å²) in [6, 6.07) is 9.19. The van der Waals surface area contributed by atoms with Crippen molar-refractivity contribution in [2.45, 2.75) is 50.3 Å². The molecule has 3 rings (SSSR count). The zero-order chi connectivity index (χ0) is 12.4. The van der Waals surface area contributed by atoms with Crippen LogP contribution in [0, 0.1) is 0 Å². The molecule has 0 bridgehead atoms. The monoisotopic (exact) mass is 309 g/mol. The van der Waals surface area contributed by atoms with Gasteiger partial charge in [0.1, 0.15) is 0 Å². The van der Waals surface area contributed by atoms with Crippen molar-refractivity contribution < 1.29 is 4.74 Å². The summed E-state index contributed by atoms with van der Waals surface area (Å²) in [4.78, 5) is 0. The second-order valence-corrected chi connectivity index (χ2v) is 6.50. The van der Waals surface area contributed by atoms with Crippen LogP contribution >= 0.6 is 15.9 Å². The number of ether oxygens (including phenoxy) is 1. The van der Waals surface area contributed by atoms with E-state index in [4.69, 9.17) is 4.74 Å². The minimum absolute atomic E-state index is 0.246. The van der Waals surface area contributed by atoms with E-state index in [0.717, 1.165) is 24.0 Å². The predicted molar refractivity (Wildman–Crippen MR) is 76.5 cm³/mol. The summed E-state index contributed by atoms with van der Waals surface area (Å²) >= 11 is 3.47. The SMILES string of the molecule is Brc1ccc(CNC2CCOC3(CCC3)C2)cc1. The van der Waals surface area contributed by atoms with Crippen molar-refractivity contribution in [3.63, 3.8) is 0 Å². The molecule has 1 spiro atoms. The number of rotatable bonds is 3. The molecule has 1 aromatic rings. The van der Waals surface area contributed by atoms with Gasteiger partial charge < -0.3 is 10.1 Å². The zero-order valence-corrected chi connectivity index (χ0v) is 12.2. The Hall–Kier alpha value is -0.380. The van der Waals surface area contributed by atoms with Crippen molar-refractivity contribution in [1.29, 1.82) is 0 Å². The zero-order valence-electron chi connectivity index (χ0n) is 10.6. The molecule has 2 aliphatic rings. The van der Waals surface area contributed by atoms with Gasteiger partial charge in [0.25, 0.3) is 0 Å². The Morgan fingerprint density at radius 1 is 1.28 bits per heavy atom. The van der Waals surface area contributed by atoms with E-state index in [9.17, 15) is 0 Å². The summed E-state index contributed by atoms with van der Waals surface area (Å²) in [6.45, 7) is 1.89. The van der Waals surface area contributed by atoms with Crippen LogP contribution in [-0.4, -0.2) is 18.2 Å². The lowest BCUT2D eigenvalue weighted by Crippen LogP contribution is -2.50. The lowest BCUT2D eigenvalue weighted by molar-refractivity contribution is -0.135. The second kappa shape index (κ2) is 5.32. The van der Waals surface area contributed by atoms with E-state index in [1.165, 1.54) is 31.2 Å². The average Bonchev–Trinajstić information content (AvgIpc) is 2.37. The molecular formula is C15H20BrNO. The Labute approximate surface area is 117 Å². The molecule has 3 heteroatoms. The van der Waals surface area contributed by atoms with Crippen molar-refractivity contribution in [1.82, 2.24) is 5.32 Å². The van der Waals surface area contributed by atoms with Gasteiger partial charge in [0.05, 0.1) is 5.60 Å². The van der Waals surface area contributed by atoms with Gasteiger partial charge in [-0.05, 0) is 49.8 Å². The van der Waals surface area contributed by atoms with Crippen molar-refractivity contribution >= 4 is 15.9 Å². The summed E-state index contributed by atoms with van der Waals surface area (Å²) in [7, 11) is 0. The fraction of sp³-hybridized carbons (Fsp3) is 0.600. The van der Waals surface area contributed by atoms with E-state index in [-0.39, 0.29) is 5.60 Å². The van der Waals surface area contributed by atoms with E-state index in [0.29, 0.717) is 6.04 Å². The molecule has 1 saturated heterocycles. The lowest BCUT2D eigenvalue weighted by Gasteiger charge is -2.47. The van der Waals surface area contributed by atoms with Crippen molar-refractivity contribution in [3.8, 4) is 0 Å². The quantitative estimate of drug-likeness (QED) is 0.920. The molecule has 1 heterocycles. The Balaban J connectivity index is 1.52. The van der Waals surface area contributed by atoms with Crippen molar-refractivity contribution in [2.24, 2.45) is 0 Å². The highest BCUT2D eigenvalue weighted by Crippen LogP contribution is 2.42. The number of hydrogen-bond donors (Lipinski definition) is 1. The van der Waals surface area contributed by atoms with E-state index >= 15 is 0 Å². The van der Waals surface area contributed by atoms with E-state index in [2.05, 4.69) is 45.5 Å². The molecule has 1 saturated carbocycles. The van der Waals surface area contributed by atoms with Gasteiger partial charge in [0.15, 0.2) is 0 Å². The molecule has 1 N–H and O–H groups in total. The van der Waals surface area contributed by atoms with Gasteiger partial charge in [-0.3, -0.25) is 0 Å². The van der Waals surface area contributed by atoms with Crippen LogP contribution in [0.1, 0.15) is 37.7 Å². The molecule has 98 valence electrons. The number of benzene rings is 1. The standard InChI is InChI=1S/C15H20BrNO/c16-13-4-2-12(3-5-13)11-17-14-6-9-18-15(10-14)7-1-8-15/h2-5,14,17H,1,6-11H2. The maximum atomic E-state index is 5.95. The third-order valence-electron chi connectivity index (χ3n) is 4.27. The summed E-state index contributed by atoms with van der Waals surface area (Å²) in [5, 5.41) is 3.69. The van der Waals surface area contributed by atoms with Crippen LogP contribution in [-0.2, 0) is 11.3 Å². The first kappa shape index (κ1) is 12.6. The van der Waals surface area contributed by atoms with Gasteiger partial charge in [-0.2, -0.15) is 0 Å². The van der Waals surface area contributed by atoms with Gasteiger partial charge >= 0.3 is 0 Å². The van der Waals surface area contributed by atoms with Crippen LogP contribution in [0.5, 0.6) is 0 Å². The Kier molecular flexibility index (Phi) is 3.73. The smallest absolute Gasteiger partial charge is 0.0697 e. The van der Waals surface area contributed by atoms with Gasteiger partial charge in [0.2, 0.25) is 0 Å². The van der Waals surface area contributed by atoms with Gasteiger partial charge in [-0.1, -0.05) is 28.1 Å². The highest BCUT2D eigenvalue weighted by molar-refractivity contribution is 9.10. The van der Waals surface area contributed by atoms with Crippen LogP contribution < -0.4 is 5.32 Å². The summed E-state index contributed by atoms with van der Waals surface area (Å²) in [6.07, 6.45) is 6.23. The van der Waals surface area contributed by atoms with Crippen LogP contribution in [0.15, 0.2) is 28.7 Å². The van der Waals surface area contributed by atoms with E-state index in [1.54, 1.807) is 0 Å². The maximum Gasteiger partial charge on any atom is 0.0697 e. The number of nitrogens with one attached hydrogen (secondary N) is 1. The molecule has 0 amide bonds. The molecule has 1 atom stereocenters. The number of hydrogen-bond acceptors (Lipinski definition) is 2. The third kappa shape index (κ3) is 2.79.